The lowest BCUT2D eigenvalue weighted by Crippen LogP contribution is -2.08. The van der Waals surface area contributed by atoms with Crippen LogP contribution in [0.3, 0.4) is 0 Å². The molecule has 0 spiro atoms. The molecule has 1 aromatic carbocycles. The minimum Gasteiger partial charge on any atom is -0.382 e. The Morgan fingerprint density at radius 3 is 2.76 bits per heavy atom. The molecule has 0 saturated heterocycles. The van der Waals surface area contributed by atoms with Crippen molar-refractivity contribution in [3.8, 4) is 0 Å². The largest absolute Gasteiger partial charge is 0.382 e. The molecular weight excluding hydrogens is 304 g/mol. The summed E-state index contributed by atoms with van der Waals surface area (Å²) < 4.78 is 2.56. The first-order valence-electron chi connectivity index (χ1n) is 5.13. The molecule has 1 N–H and O–H groups in total. The minimum absolute atomic E-state index is 0.472. The maximum Gasteiger partial charge on any atom is 0.122 e. The highest BCUT2D eigenvalue weighted by molar-refractivity contribution is 9.10. The van der Waals surface area contributed by atoms with Crippen molar-refractivity contribution in [3.05, 3.63) is 50.7 Å². The van der Waals surface area contributed by atoms with Gasteiger partial charge >= 0.3 is 0 Å². The summed E-state index contributed by atoms with van der Waals surface area (Å²) in [6.45, 7) is 1.95. The average molecular weight is 316 g/mol. The van der Waals surface area contributed by atoms with Crippen molar-refractivity contribution >= 4 is 27.5 Å². The van der Waals surface area contributed by atoms with Gasteiger partial charge in [0.05, 0.1) is 16.9 Å². The quantitative estimate of drug-likeness (QED) is 0.924. The van der Waals surface area contributed by atoms with Gasteiger partial charge in [0, 0.05) is 11.5 Å². The summed E-state index contributed by atoms with van der Waals surface area (Å²) >= 11 is 9.48. The number of rotatable bonds is 2. The van der Waals surface area contributed by atoms with E-state index in [1.54, 1.807) is 11.7 Å². The summed E-state index contributed by atoms with van der Waals surface area (Å²) in [5.74, 6) is 0. The molecule has 1 heterocycles. The van der Waals surface area contributed by atoms with Gasteiger partial charge in [0.15, 0.2) is 0 Å². The van der Waals surface area contributed by atoms with Crippen molar-refractivity contribution in [2.75, 3.05) is 0 Å². The monoisotopic (exact) mass is 314 g/mol. The van der Waals surface area contributed by atoms with Crippen LogP contribution >= 0.6 is 27.5 Å². The molecule has 1 aromatic heterocycles. The number of nitrogens with zero attached hydrogens (tertiary/aromatic N) is 2. The zero-order valence-corrected chi connectivity index (χ0v) is 11.8. The third-order valence-corrected chi connectivity index (χ3v) is 3.95. The SMILES string of the molecule is Cc1c(Br)cccc1C(O)c1c(Cl)cnn1C. The number of aliphatic hydroxyl groups is 1. The number of hydrogen-bond donors (Lipinski definition) is 1. The lowest BCUT2D eigenvalue weighted by atomic mass is 10.0. The van der Waals surface area contributed by atoms with E-state index in [0.717, 1.165) is 15.6 Å². The van der Waals surface area contributed by atoms with Gasteiger partial charge in [-0.05, 0) is 24.1 Å². The van der Waals surface area contributed by atoms with E-state index in [2.05, 4.69) is 21.0 Å². The summed E-state index contributed by atoms with van der Waals surface area (Å²) in [6, 6.07) is 5.71. The normalized spacial score (nSPS) is 12.8. The second-order valence-electron chi connectivity index (χ2n) is 3.86. The fourth-order valence-corrected chi connectivity index (χ4v) is 2.45. The van der Waals surface area contributed by atoms with Gasteiger partial charge in [0.25, 0.3) is 0 Å². The third kappa shape index (κ3) is 2.25. The van der Waals surface area contributed by atoms with Crippen molar-refractivity contribution in [3.63, 3.8) is 0 Å². The topological polar surface area (TPSA) is 38.1 Å². The number of halogens is 2. The van der Waals surface area contributed by atoms with E-state index < -0.39 is 6.10 Å². The van der Waals surface area contributed by atoms with Gasteiger partial charge in [-0.2, -0.15) is 5.10 Å². The van der Waals surface area contributed by atoms with Crippen LogP contribution in [0.25, 0.3) is 0 Å². The molecule has 0 aliphatic carbocycles. The molecular formula is C12H12BrClN2O. The zero-order valence-electron chi connectivity index (χ0n) is 9.48. The number of aromatic nitrogens is 2. The molecule has 17 heavy (non-hydrogen) atoms. The summed E-state index contributed by atoms with van der Waals surface area (Å²) in [5.41, 5.74) is 2.43. The van der Waals surface area contributed by atoms with Gasteiger partial charge in [-0.15, -0.1) is 0 Å². The molecule has 0 radical (unpaired) electrons. The Morgan fingerprint density at radius 1 is 1.47 bits per heavy atom. The lowest BCUT2D eigenvalue weighted by Gasteiger charge is -2.15. The first kappa shape index (κ1) is 12.6. The molecule has 0 amide bonds. The molecule has 3 nitrogen and oxygen atoms in total. The maximum absolute atomic E-state index is 10.4. The summed E-state index contributed by atoms with van der Waals surface area (Å²) in [6.07, 6.45) is 0.764. The van der Waals surface area contributed by atoms with Crippen LogP contribution < -0.4 is 0 Å². The van der Waals surface area contributed by atoms with Gasteiger partial charge in [-0.3, -0.25) is 4.68 Å². The Kier molecular flexibility index (Phi) is 3.56. The van der Waals surface area contributed by atoms with E-state index >= 15 is 0 Å². The highest BCUT2D eigenvalue weighted by Gasteiger charge is 2.20. The molecule has 0 fully saturated rings. The number of aryl methyl sites for hydroxylation is 1. The average Bonchev–Trinajstić information content (AvgIpc) is 2.62. The van der Waals surface area contributed by atoms with Crippen molar-refractivity contribution in [2.45, 2.75) is 13.0 Å². The van der Waals surface area contributed by atoms with Crippen LogP contribution in [0.4, 0.5) is 0 Å². The van der Waals surface area contributed by atoms with Crippen LogP contribution in [0.1, 0.15) is 22.9 Å². The first-order valence-corrected chi connectivity index (χ1v) is 6.30. The molecule has 0 bridgehead atoms. The predicted molar refractivity (Wildman–Crippen MR) is 71.2 cm³/mol. The molecule has 0 aliphatic heterocycles. The van der Waals surface area contributed by atoms with Crippen LogP contribution in [0.2, 0.25) is 5.02 Å². The van der Waals surface area contributed by atoms with Crippen LogP contribution in [0.15, 0.2) is 28.9 Å². The molecule has 0 aliphatic rings. The van der Waals surface area contributed by atoms with Crippen LogP contribution in [-0.2, 0) is 7.05 Å². The van der Waals surface area contributed by atoms with Gasteiger partial charge in [0.2, 0.25) is 0 Å². The molecule has 2 rings (SSSR count). The Hall–Kier alpha value is -0.840. The second-order valence-corrected chi connectivity index (χ2v) is 5.12. The second kappa shape index (κ2) is 4.80. The highest BCUT2D eigenvalue weighted by atomic mass is 79.9. The standard InChI is InChI=1S/C12H12BrClN2O/c1-7-8(4-3-5-9(7)13)12(17)11-10(14)6-15-16(11)2/h3-6,12,17H,1-2H3. The Balaban J connectivity index is 2.51. The molecule has 2 aromatic rings. The Bertz CT molecular complexity index is 534. The van der Waals surface area contributed by atoms with Crippen molar-refractivity contribution in [2.24, 2.45) is 7.05 Å². The fraction of sp³-hybridized carbons (Fsp3) is 0.250. The Morgan fingerprint density at radius 2 is 2.18 bits per heavy atom. The van der Waals surface area contributed by atoms with E-state index in [-0.39, 0.29) is 0 Å². The highest BCUT2D eigenvalue weighted by Crippen LogP contribution is 2.31. The minimum atomic E-state index is -0.771. The zero-order chi connectivity index (χ0) is 12.6. The van der Waals surface area contributed by atoms with E-state index in [1.165, 1.54) is 6.20 Å². The van der Waals surface area contributed by atoms with Gasteiger partial charge < -0.3 is 5.11 Å². The maximum atomic E-state index is 10.4. The number of hydrogen-bond acceptors (Lipinski definition) is 2. The van der Waals surface area contributed by atoms with Crippen molar-refractivity contribution < 1.29 is 5.11 Å². The predicted octanol–water partition coefficient (Wildman–Crippen LogP) is 3.23. The van der Waals surface area contributed by atoms with Crippen LogP contribution in [-0.4, -0.2) is 14.9 Å². The third-order valence-electron chi connectivity index (χ3n) is 2.80. The summed E-state index contributed by atoms with van der Waals surface area (Å²) in [5, 5.41) is 14.9. The van der Waals surface area contributed by atoms with Gasteiger partial charge in [0.1, 0.15) is 6.10 Å². The summed E-state index contributed by atoms with van der Waals surface area (Å²) in [7, 11) is 1.76. The van der Waals surface area contributed by atoms with Crippen LogP contribution in [0.5, 0.6) is 0 Å². The van der Waals surface area contributed by atoms with E-state index in [9.17, 15) is 5.11 Å². The van der Waals surface area contributed by atoms with Gasteiger partial charge in [-0.25, -0.2) is 0 Å². The van der Waals surface area contributed by atoms with Crippen molar-refractivity contribution in [1.82, 2.24) is 9.78 Å². The van der Waals surface area contributed by atoms with Crippen LogP contribution in [0, 0.1) is 6.92 Å². The fourth-order valence-electron chi connectivity index (χ4n) is 1.80. The number of aliphatic hydroxyl groups excluding tert-OH is 1. The van der Waals surface area contributed by atoms with Gasteiger partial charge in [-0.1, -0.05) is 39.7 Å². The first-order chi connectivity index (χ1) is 8.02. The lowest BCUT2D eigenvalue weighted by molar-refractivity contribution is 0.209. The van der Waals surface area contributed by atoms with E-state index in [0.29, 0.717) is 10.7 Å². The smallest absolute Gasteiger partial charge is 0.122 e. The molecule has 1 unspecified atom stereocenters. The Labute approximate surface area is 113 Å². The molecule has 1 atom stereocenters. The van der Waals surface area contributed by atoms with E-state index in [1.807, 2.05) is 25.1 Å². The van der Waals surface area contributed by atoms with E-state index in [4.69, 9.17) is 11.6 Å². The molecule has 0 saturated carbocycles. The number of benzene rings is 1. The summed E-state index contributed by atoms with van der Waals surface area (Å²) in [4.78, 5) is 0. The van der Waals surface area contributed by atoms with Crippen molar-refractivity contribution in [1.29, 1.82) is 0 Å². The molecule has 90 valence electrons. The molecule has 5 heteroatoms.